The van der Waals surface area contributed by atoms with Crippen LogP contribution in [0.3, 0.4) is 0 Å². The third-order valence-electron chi connectivity index (χ3n) is 2.05. The predicted molar refractivity (Wildman–Crippen MR) is 81.7 cm³/mol. The number of methoxy groups -OCH3 is 1. The molecule has 1 N–H and O–H groups in total. The summed E-state index contributed by atoms with van der Waals surface area (Å²) in [5, 5.41) is 3.49. The van der Waals surface area contributed by atoms with Crippen molar-refractivity contribution in [3.8, 4) is 6.01 Å². The Morgan fingerprint density at radius 3 is 2.57 bits per heavy atom. The summed E-state index contributed by atoms with van der Waals surface area (Å²) in [5.74, 6) is 0.267. The van der Waals surface area contributed by atoms with Gasteiger partial charge in [0, 0.05) is 6.54 Å². The molecule has 0 amide bonds. The summed E-state index contributed by atoms with van der Waals surface area (Å²) in [7, 11) is 1.49. The molecule has 1 rings (SSSR count). The number of anilines is 1. The Kier molecular flexibility index (Phi) is 6.67. The zero-order valence-electron chi connectivity index (χ0n) is 13.1. The highest BCUT2D eigenvalue weighted by atomic mass is 32.2. The molecule has 7 nitrogen and oxygen atoms in total. The van der Waals surface area contributed by atoms with Gasteiger partial charge < -0.3 is 14.8 Å². The van der Waals surface area contributed by atoms with Gasteiger partial charge in [0.2, 0.25) is 5.95 Å². The third kappa shape index (κ3) is 7.12. The largest absolute Gasteiger partial charge is 0.467 e. The van der Waals surface area contributed by atoms with Gasteiger partial charge in [-0.25, -0.2) is 0 Å². The summed E-state index contributed by atoms with van der Waals surface area (Å²) in [6.07, 6.45) is 0.953. The van der Waals surface area contributed by atoms with Gasteiger partial charge in [-0.3, -0.25) is 4.79 Å². The van der Waals surface area contributed by atoms with E-state index in [0.717, 1.165) is 13.0 Å². The molecule has 1 aromatic rings. The lowest BCUT2D eigenvalue weighted by atomic mass is 10.2. The molecule has 0 bridgehead atoms. The van der Waals surface area contributed by atoms with Crippen molar-refractivity contribution in [2.75, 3.05) is 24.7 Å². The van der Waals surface area contributed by atoms with E-state index in [1.165, 1.54) is 18.9 Å². The average Bonchev–Trinajstić information content (AvgIpc) is 2.41. The van der Waals surface area contributed by atoms with Crippen LogP contribution < -0.4 is 10.1 Å². The van der Waals surface area contributed by atoms with Crippen molar-refractivity contribution in [1.82, 2.24) is 15.0 Å². The topological polar surface area (TPSA) is 86.2 Å². The maximum Gasteiger partial charge on any atom is 0.321 e. The van der Waals surface area contributed by atoms with E-state index < -0.39 is 5.60 Å². The highest BCUT2D eigenvalue weighted by molar-refractivity contribution is 7.99. The molecule has 1 heterocycles. The summed E-state index contributed by atoms with van der Waals surface area (Å²) in [4.78, 5) is 24.1. The van der Waals surface area contributed by atoms with Gasteiger partial charge in [-0.05, 0) is 27.2 Å². The Bertz CT molecular complexity index is 477. The minimum absolute atomic E-state index is 0.137. The molecule has 8 heteroatoms. The molecule has 0 unspecified atom stereocenters. The SMILES string of the molecule is CCCNc1nc(OC)nc(SCC(=O)OC(C)(C)C)n1. The highest BCUT2D eigenvalue weighted by Gasteiger charge is 2.17. The Morgan fingerprint density at radius 2 is 2.00 bits per heavy atom. The molecule has 0 saturated heterocycles. The van der Waals surface area contributed by atoms with E-state index in [1.807, 2.05) is 27.7 Å². The normalized spacial score (nSPS) is 11.1. The molecule has 21 heavy (non-hydrogen) atoms. The summed E-state index contributed by atoms with van der Waals surface area (Å²) in [6, 6.07) is 0.218. The van der Waals surface area contributed by atoms with Crippen molar-refractivity contribution in [1.29, 1.82) is 0 Å². The average molecular weight is 314 g/mol. The molecular weight excluding hydrogens is 292 g/mol. The Labute approximate surface area is 129 Å². The molecule has 0 atom stereocenters. The van der Waals surface area contributed by atoms with Crippen LogP contribution in [0.15, 0.2) is 5.16 Å². The van der Waals surface area contributed by atoms with Gasteiger partial charge in [-0.1, -0.05) is 18.7 Å². The van der Waals surface area contributed by atoms with Crippen LogP contribution in [-0.2, 0) is 9.53 Å². The maximum atomic E-state index is 11.7. The fourth-order valence-corrected chi connectivity index (χ4v) is 1.90. The monoisotopic (exact) mass is 314 g/mol. The minimum Gasteiger partial charge on any atom is -0.467 e. The van der Waals surface area contributed by atoms with E-state index in [1.54, 1.807) is 0 Å². The van der Waals surface area contributed by atoms with E-state index in [4.69, 9.17) is 9.47 Å². The van der Waals surface area contributed by atoms with Crippen molar-refractivity contribution >= 4 is 23.7 Å². The molecule has 0 radical (unpaired) electrons. The van der Waals surface area contributed by atoms with E-state index in [-0.39, 0.29) is 17.7 Å². The number of nitrogens with zero attached hydrogens (tertiary/aromatic N) is 3. The van der Waals surface area contributed by atoms with Crippen LogP contribution in [0.1, 0.15) is 34.1 Å². The number of carbonyl (C=O) groups is 1. The van der Waals surface area contributed by atoms with Crippen LogP contribution in [0.2, 0.25) is 0 Å². The summed E-state index contributed by atoms with van der Waals surface area (Å²) >= 11 is 1.19. The number of ether oxygens (including phenoxy) is 2. The van der Waals surface area contributed by atoms with Gasteiger partial charge in [0.15, 0.2) is 5.16 Å². The first-order chi connectivity index (χ1) is 9.84. The van der Waals surface area contributed by atoms with Crippen LogP contribution in [-0.4, -0.2) is 45.9 Å². The van der Waals surface area contributed by atoms with Crippen molar-refractivity contribution in [2.24, 2.45) is 0 Å². The maximum absolute atomic E-state index is 11.7. The number of nitrogens with one attached hydrogen (secondary N) is 1. The van der Waals surface area contributed by atoms with Gasteiger partial charge in [0.05, 0.1) is 12.9 Å². The number of aromatic nitrogens is 3. The first-order valence-corrected chi connectivity index (χ1v) is 7.71. The number of esters is 1. The molecule has 118 valence electrons. The Morgan fingerprint density at radius 1 is 1.29 bits per heavy atom. The predicted octanol–water partition coefficient (Wildman–Crippen LogP) is 2.14. The van der Waals surface area contributed by atoms with Gasteiger partial charge in [-0.2, -0.15) is 15.0 Å². The third-order valence-corrected chi connectivity index (χ3v) is 2.87. The number of carbonyl (C=O) groups excluding carboxylic acids is 1. The van der Waals surface area contributed by atoms with Gasteiger partial charge >= 0.3 is 12.0 Å². The smallest absolute Gasteiger partial charge is 0.321 e. The van der Waals surface area contributed by atoms with Crippen LogP contribution in [0, 0.1) is 0 Å². The van der Waals surface area contributed by atoms with Crippen molar-refractivity contribution in [2.45, 2.75) is 44.9 Å². The number of thioether (sulfide) groups is 1. The van der Waals surface area contributed by atoms with E-state index >= 15 is 0 Å². The Hall–Kier alpha value is -1.57. The second kappa shape index (κ2) is 8.02. The van der Waals surface area contributed by atoms with Crippen molar-refractivity contribution in [3.05, 3.63) is 0 Å². The van der Waals surface area contributed by atoms with E-state index in [2.05, 4.69) is 20.3 Å². The molecule has 0 aliphatic carbocycles. The van der Waals surface area contributed by atoms with Crippen LogP contribution >= 0.6 is 11.8 Å². The number of hydrogen-bond acceptors (Lipinski definition) is 8. The summed E-state index contributed by atoms with van der Waals surface area (Å²) < 4.78 is 10.3. The number of hydrogen-bond donors (Lipinski definition) is 1. The second-order valence-electron chi connectivity index (χ2n) is 5.23. The molecule has 0 aliphatic rings. The first-order valence-electron chi connectivity index (χ1n) is 6.72. The standard InChI is InChI=1S/C13H22N4O3S/c1-6-7-14-10-15-11(19-5)17-12(16-10)21-8-9(18)20-13(2,3)4/h6-8H2,1-5H3,(H,14,15,16,17). The van der Waals surface area contributed by atoms with Crippen LogP contribution in [0.4, 0.5) is 5.95 Å². The first kappa shape index (κ1) is 17.5. The molecule has 0 aromatic carbocycles. The molecule has 0 aliphatic heterocycles. The fourth-order valence-electron chi connectivity index (χ4n) is 1.30. The molecular formula is C13H22N4O3S. The summed E-state index contributed by atoms with van der Waals surface area (Å²) in [6.45, 7) is 8.28. The lowest BCUT2D eigenvalue weighted by molar-refractivity contribution is -0.151. The van der Waals surface area contributed by atoms with Gasteiger partial charge in [0.1, 0.15) is 5.60 Å². The molecule has 0 fully saturated rings. The lowest BCUT2D eigenvalue weighted by Crippen LogP contribution is -2.25. The van der Waals surface area contributed by atoms with Crippen LogP contribution in [0.5, 0.6) is 6.01 Å². The molecule has 0 saturated carbocycles. The van der Waals surface area contributed by atoms with Gasteiger partial charge in [-0.15, -0.1) is 0 Å². The van der Waals surface area contributed by atoms with E-state index in [9.17, 15) is 4.79 Å². The van der Waals surface area contributed by atoms with E-state index in [0.29, 0.717) is 11.1 Å². The summed E-state index contributed by atoms with van der Waals surface area (Å²) in [5.41, 5.74) is -0.498. The zero-order chi connectivity index (χ0) is 15.9. The second-order valence-corrected chi connectivity index (χ2v) is 6.17. The van der Waals surface area contributed by atoms with Crippen molar-refractivity contribution < 1.29 is 14.3 Å². The molecule has 1 aromatic heterocycles. The van der Waals surface area contributed by atoms with Crippen LogP contribution in [0.25, 0.3) is 0 Å². The quantitative estimate of drug-likeness (QED) is 0.605. The minimum atomic E-state index is -0.498. The number of rotatable bonds is 7. The molecule has 0 spiro atoms. The highest BCUT2D eigenvalue weighted by Crippen LogP contribution is 2.18. The fraction of sp³-hybridized carbons (Fsp3) is 0.692. The zero-order valence-corrected chi connectivity index (χ0v) is 13.9. The Balaban J connectivity index is 2.67. The van der Waals surface area contributed by atoms with Crippen molar-refractivity contribution in [3.63, 3.8) is 0 Å². The lowest BCUT2D eigenvalue weighted by Gasteiger charge is -2.19. The van der Waals surface area contributed by atoms with Gasteiger partial charge in [0.25, 0.3) is 0 Å².